The van der Waals surface area contributed by atoms with Gasteiger partial charge >= 0.3 is 0 Å². The maximum Gasteiger partial charge on any atom is 0.276 e. The maximum atomic E-state index is 11.5. The number of hydrogen-bond acceptors (Lipinski definition) is 3. The fourth-order valence-electron chi connectivity index (χ4n) is 2.45. The molecule has 0 bridgehead atoms. The van der Waals surface area contributed by atoms with E-state index < -0.39 is 10.2 Å². The zero-order valence-corrected chi connectivity index (χ0v) is 12.0. The summed E-state index contributed by atoms with van der Waals surface area (Å²) in [5, 5.41) is 0. The van der Waals surface area contributed by atoms with Crippen molar-refractivity contribution < 1.29 is 8.42 Å². The summed E-state index contributed by atoms with van der Waals surface area (Å²) >= 11 is 0. The number of likely N-dealkylation sites (tertiary alicyclic amines) is 1. The third kappa shape index (κ3) is 4.01. The van der Waals surface area contributed by atoms with Gasteiger partial charge in [0.2, 0.25) is 0 Å². The summed E-state index contributed by atoms with van der Waals surface area (Å²) in [6.45, 7) is 2.45. The van der Waals surface area contributed by atoms with Crippen LogP contribution in [-0.2, 0) is 10.2 Å². The normalized spacial score (nSPS) is 18.6. The molecule has 1 aromatic rings. The molecule has 0 amide bonds. The molecule has 0 spiro atoms. The monoisotopic (exact) mass is 283 g/mol. The highest BCUT2D eigenvalue weighted by molar-refractivity contribution is 7.87. The number of benzene rings is 1. The number of nitrogens with one attached hydrogen (secondary N) is 2. The van der Waals surface area contributed by atoms with Gasteiger partial charge in [0.25, 0.3) is 10.2 Å². The van der Waals surface area contributed by atoms with Gasteiger partial charge in [0, 0.05) is 19.6 Å². The van der Waals surface area contributed by atoms with Crippen LogP contribution < -0.4 is 9.44 Å². The smallest absolute Gasteiger partial charge is 0.276 e. The van der Waals surface area contributed by atoms with Crippen molar-refractivity contribution in [1.82, 2.24) is 14.3 Å². The van der Waals surface area contributed by atoms with Crippen LogP contribution in [-0.4, -0.2) is 40.0 Å². The van der Waals surface area contributed by atoms with Crippen molar-refractivity contribution in [1.29, 1.82) is 0 Å². The Morgan fingerprint density at radius 2 is 1.84 bits per heavy atom. The average Bonchev–Trinajstić information content (AvgIpc) is 2.94. The molecule has 0 radical (unpaired) electrons. The topological polar surface area (TPSA) is 61.4 Å². The first-order valence-electron chi connectivity index (χ1n) is 6.59. The van der Waals surface area contributed by atoms with Crippen molar-refractivity contribution in [3.63, 3.8) is 0 Å². The average molecular weight is 283 g/mol. The van der Waals surface area contributed by atoms with E-state index in [9.17, 15) is 8.42 Å². The van der Waals surface area contributed by atoms with Crippen LogP contribution in [0.2, 0.25) is 0 Å². The largest absolute Gasteiger partial charge is 0.295 e. The van der Waals surface area contributed by atoms with Crippen LogP contribution in [0.4, 0.5) is 0 Å². The molecule has 1 fully saturated rings. The lowest BCUT2D eigenvalue weighted by Gasteiger charge is -2.28. The molecule has 1 aliphatic heterocycles. The van der Waals surface area contributed by atoms with E-state index >= 15 is 0 Å². The second-order valence-corrected chi connectivity index (χ2v) is 6.43. The van der Waals surface area contributed by atoms with Crippen LogP contribution in [0.15, 0.2) is 30.3 Å². The molecule has 1 aliphatic rings. The van der Waals surface area contributed by atoms with Crippen LogP contribution in [0.3, 0.4) is 0 Å². The van der Waals surface area contributed by atoms with E-state index in [2.05, 4.69) is 26.5 Å². The van der Waals surface area contributed by atoms with E-state index in [0.29, 0.717) is 6.54 Å². The molecular weight excluding hydrogens is 262 g/mol. The summed E-state index contributed by atoms with van der Waals surface area (Å²) in [5.74, 6) is 0. The summed E-state index contributed by atoms with van der Waals surface area (Å²) in [6, 6.07) is 10.2. The number of hydrogen-bond donors (Lipinski definition) is 2. The Labute approximate surface area is 115 Å². The summed E-state index contributed by atoms with van der Waals surface area (Å²) < 4.78 is 27.9. The van der Waals surface area contributed by atoms with E-state index in [1.165, 1.54) is 19.9 Å². The van der Waals surface area contributed by atoms with Crippen molar-refractivity contribution in [2.45, 2.75) is 18.9 Å². The van der Waals surface area contributed by atoms with Gasteiger partial charge in [-0.05, 0) is 31.5 Å². The Morgan fingerprint density at radius 3 is 2.42 bits per heavy atom. The molecule has 1 saturated heterocycles. The van der Waals surface area contributed by atoms with E-state index in [1.807, 2.05) is 18.2 Å². The van der Waals surface area contributed by atoms with Crippen molar-refractivity contribution in [2.24, 2.45) is 0 Å². The SMILES string of the molecule is CNS(=O)(=O)NCC(c1ccccc1)N1CCCC1. The van der Waals surface area contributed by atoms with Gasteiger partial charge in [0.05, 0.1) is 0 Å². The fourth-order valence-corrected chi connectivity index (χ4v) is 2.97. The van der Waals surface area contributed by atoms with Gasteiger partial charge < -0.3 is 0 Å². The van der Waals surface area contributed by atoms with Crippen LogP contribution in [0, 0.1) is 0 Å². The molecule has 1 atom stereocenters. The molecular formula is C13H21N3O2S. The van der Waals surface area contributed by atoms with Crippen molar-refractivity contribution >= 4 is 10.2 Å². The van der Waals surface area contributed by atoms with Gasteiger partial charge in [0.1, 0.15) is 0 Å². The molecule has 1 heterocycles. The first kappa shape index (κ1) is 14.5. The standard InChI is InChI=1S/C13H21N3O2S/c1-14-19(17,18)15-11-13(16-9-5-6-10-16)12-7-3-2-4-8-12/h2-4,7-8,13-15H,5-6,9-11H2,1H3. The van der Waals surface area contributed by atoms with Gasteiger partial charge in [-0.3, -0.25) is 4.90 Å². The highest BCUT2D eigenvalue weighted by atomic mass is 32.2. The summed E-state index contributed by atoms with van der Waals surface area (Å²) in [5.41, 5.74) is 1.16. The first-order valence-corrected chi connectivity index (χ1v) is 8.08. The highest BCUT2D eigenvalue weighted by Crippen LogP contribution is 2.24. The fraction of sp³-hybridized carbons (Fsp3) is 0.538. The molecule has 2 rings (SSSR count). The van der Waals surface area contributed by atoms with Crippen LogP contribution in [0.5, 0.6) is 0 Å². The molecule has 2 N–H and O–H groups in total. The predicted octanol–water partition coefficient (Wildman–Crippen LogP) is 0.877. The molecule has 0 saturated carbocycles. The molecule has 6 heteroatoms. The van der Waals surface area contributed by atoms with E-state index in [-0.39, 0.29) is 6.04 Å². The Bertz CT molecular complexity index is 484. The Morgan fingerprint density at radius 1 is 1.21 bits per heavy atom. The summed E-state index contributed by atoms with van der Waals surface area (Å²) in [7, 11) is -1.97. The minimum absolute atomic E-state index is 0.104. The van der Waals surface area contributed by atoms with E-state index in [1.54, 1.807) is 0 Å². The predicted molar refractivity (Wildman–Crippen MR) is 76.0 cm³/mol. The summed E-state index contributed by atoms with van der Waals surface area (Å²) in [4.78, 5) is 2.34. The maximum absolute atomic E-state index is 11.5. The molecule has 1 unspecified atom stereocenters. The molecule has 0 aliphatic carbocycles. The zero-order chi connectivity index (χ0) is 13.7. The zero-order valence-electron chi connectivity index (χ0n) is 11.2. The van der Waals surface area contributed by atoms with Crippen molar-refractivity contribution in [2.75, 3.05) is 26.7 Å². The second kappa shape index (κ2) is 6.47. The molecule has 19 heavy (non-hydrogen) atoms. The van der Waals surface area contributed by atoms with Gasteiger partial charge in [-0.15, -0.1) is 0 Å². The molecule has 5 nitrogen and oxygen atoms in total. The second-order valence-electron chi connectivity index (χ2n) is 4.73. The molecule has 106 valence electrons. The number of rotatable bonds is 6. The van der Waals surface area contributed by atoms with Crippen molar-refractivity contribution in [3.8, 4) is 0 Å². The first-order chi connectivity index (χ1) is 9.12. The Hall–Kier alpha value is -0.950. The molecule has 1 aromatic carbocycles. The minimum atomic E-state index is -3.38. The lowest BCUT2D eigenvalue weighted by molar-refractivity contribution is 0.246. The highest BCUT2D eigenvalue weighted by Gasteiger charge is 2.24. The summed E-state index contributed by atoms with van der Waals surface area (Å²) in [6.07, 6.45) is 2.37. The van der Waals surface area contributed by atoms with Gasteiger partial charge in [-0.25, -0.2) is 9.44 Å². The Kier molecular flexibility index (Phi) is 4.93. The van der Waals surface area contributed by atoms with Crippen molar-refractivity contribution in [3.05, 3.63) is 35.9 Å². The quantitative estimate of drug-likeness (QED) is 0.814. The van der Waals surface area contributed by atoms with Gasteiger partial charge in [-0.1, -0.05) is 30.3 Å². The third-order valence-electron chi connectivity index (χ3n) is 3.50. The van der Waals surface area contributed by atoms with E-state index in [4.69, 9.17) is 0 Å². The third-order valence-corrected chi connectivity index (χ3v) is 4.59. The van der Waals surface area contributed by atoms with Crippen LogP contribution in [0.1, 0.15) is 24.4 Å². The lowest BCUT2D eigenvalue weighted by Crippen LogP contribution is -2.40. The Balaban J connectivity index is 2.11. The van der Waals surface area contributed by atoms with Gasteiger partial charge in [0.15, 0.2) is 0 Å². The number of nitrogens with zero attached hydrogens (tertiary/aromatic N) is 1. The molecule has 0 aromatic heterocycles. The van der Waals surface area contributed by atoms with Gasteiger partial charge in [-0.2, -0.15) is 8.42 Å². The van der Waals surface area contributed by atoms with E-state index in [0.717, 1.165) is 18.7 Å². The lowest BCUT2D eigenvalue weighted by atomic mass is 10.1. The van der Waals surface area contributed by atoms with Crippen LogP contribution >= 0.6 is 0 Å². The minimum Gasteiger partial charge on any atom is -0.295 e. The van der Waals surface area contributed by atoms with Crippen LogP contribution in [0.25, 0.3) is 0 Å².